The van der Waals surface area contributed by atoms with Crippen molar-refractivity contribution in [2.24, 2.45) is 0 Å². The number of hydrogen-bond donors (Lipinski definition) is 0. The third-order valence-corrected chi connectivity index (χ3v) is 9.71. The Balaban J connectivity index is 1.31. The summed E-state index contributed by atoms with van der Waals surface area (Å²) in [5.74, 6) is 0.679. The quantitative estimate of drug-likeness (QED) is 0.159. The van der Waals surface area contributed by atoms with Crippen LogP contribution in [0.1, 0.15) is 0 Å². The summed E-state index contributed by atoms with van der Waals surface area (Å²) in [6.07, 6.45) is 0. The summed E-state index contributed by atoms with van der Waals surface area (Å²) in [6, 6.07) is 73.8. The molecular weight excluding hydrogens is 655 g/mol. The fraction of sp³-hybridized carbons (Fsp3) is 0. The molecule has 0 atom stereocenters. The molecule has 254 valence electrons. The molecule has 54 heavy (non-hydrogen) atoms. The molecule has 0 N–H and O–H groups in total. The minimum atomic E-state index is 0.679. The smallest absolute Gasteiger partial charge is 0.160 e. The molecule has 3 heteroatoms. The zero-order valence-electron chi connectivity index (χ0n) is 29.5. The Bertz CT molecular complexity index is 2490. The fourth-order valence-electron chi connectivity index (χ4n) is 7.13. The van der Waals surface area contributed by atoms with E-state index in [1.807, 2.05) is 36.4 Å². The number of aromatic nitrogens is 3. The van der Waals surface area contributed by atoms with Crippen molar-refractivity contribution in [3.63, 3.8) is 0 Å². The largest absolute Gasteiger partial charge is 0.246 e. The van der Waals surface area contributed by atoms with Crippen LogP contribution in [-0.2, 0) is 0 Å². The van der Waals surface area contributed by atoms with Crippen LogP contribution in [0.4, 0.5) is 0 Å². The van der Waals surface area contributed by atoms with Crippen molar-refractivity contribution >= 4 is 0 Å². The maximum Gasteiger partial charge on any atom is 0.160 e. The van der Waals surface area contributed by atoms with Crippen LogP contribution < -0.4 is 0 Å². The van der Waals surface area contributed by atoms with E-state index in [1.165, 1.54) is 0 Å². The predicted molar refractivity (Wildman–Crippen MR) is 223 cm³/mol. The van der Waals surface area contributed by atoms with Crippen molar-refractivity contribution in [1.29, 1.82) is 0 Å². The van der Waals surface area contributed by atoms with E-state index in [0.717, 1.165) is 84.0 Å². The van der Waals surface area contributed by atoms with Gasteiger partial charge in [-0.15, -0.1) is 0 Å². The highest BCUT2D eigenvalue weighted by atomic mass is 14.9. The number of rotatable bonds is 8. The number of benzene rings is 7. The van der Waals surface area contributed by atoms with E-state index >= 15 is 0 Å². The highest BCUT2D eigenvalue weighted by molar-refractivity contribution is 6.05. The van der Waals surface area contributed by atoms with Crippen LogP contribution in [0.25, 0.3) is 89.8 Å². The molecule has 0 spiro atoms. The van der Waals surface area contributed by atoms with E-state index in [-0.39, 0.29) is 0 Å². The van der Waals surface area contributed by atoms with Crippen molar-refractivity contribution in [2.45, 2.75) is 0 Å². The molecule has 7 aromatic carbocycles. The van der Waals surface area contributed by atoms with Crippen LogP contribution in [0, 0.1) is 0 Å². The third-order valence-electron chi connectivity index (χ3n) is 9.71. The molecule has 0 aliphatic carbocycles. The van der Waals surface area contributed by atoms with Crippen LogP contribution in [0.2, 0.25) is 0 Å². The molecule has 2 heterocycles. The standard InChI is InChI=1S/C51H35N3/c1-7-19-36(20-8-1)44-35-45(37-21-9-2-10-22-37)53-51(52-44)43-33-31-40(32-34-43)46-47(38-23-11-3-12-24-38)49(41-27-15-5-16-28-41)54-50(42-29-17-6-18-30-42)48(46)39-25-13-4-14-26-39/h1-35H. The second kappa shape index (κ2) is 14.8. The van der Waals surface area contributed by atoms with Gasteiger partial charge in [0.15, 0.2) is 5.82 Å². The van der Waals surface area contributed by atoms with Crippen LogP contribution in [0.15, 0.2) is 212 Å². The van der Waals surface area contributed by atoms with Crippen LogP contribution >= 0.6 is 0 Å². The molecule has 0 saturated carbocycles. The van der Waals surface area contributed by atoms with Gasteiger partial charge in [-0.2, -0.15) is 0 Å². The summed E-state index contributed by atoms with van der Waals surface area (Å²) in [5.41, 5.74) is 15.4. The van der Waals surface area contributed by atoms with E-state index in [0.29, 0.717) is 5.82 Å². The van der Waals surface area contributed by atoms with Gasteiger partial charge in [0, 0.05) is 44.5 Å². The SMILES string of the molecule is c1ccc(-c2cc(-c3ccccc3)nc(-c3ccc(-c4c(-c5ccccc5)c(-c5ccccc5)nc(-c5ccccc5)c4-c4ccccc4)cc3)n2)cc1. The van der Waals surface area contributed by atoms with Gasteiger partial charge in [-0.1, -0.05) is 206 Å². The third kappa shape index (κ3) is 6.51. The Morgan fingerprint density at radius 2 is 0.519 bits per heavy atom. The van der Waals surface area contributed by atoms with Crippen molar-refractivity contribution in [3.8, 4) is 89.8 Å². The predicted octanol–water partition coefficient (Wildman–Crippen LogP) is 13.2. The maximum atomic E-state index is 5.57. The summed E-state index contributed by atoms with van der Waals surface area (Å²) in [4.78, 5) is 15.8. The van der Waals surface area contributed by atoms with E-state index in [1.54, 1.807) is 0 Å². The number of hydrogen-bond acceptors (Lipinski definition) is 3. The lowest BCUT2D eigenvalue weighted by Gasteiger charge is -2.23. The molecule has 9 aromatic rings. The van der Waals surface area contributed by atoms with E-state index in [9.17, 15) is 0 Å². The van der Waals surface area contributed by atoms with Gasteiger partial charge < -0.3 is 0 Å². The van der Waals surface area contributed by atoms with Gasteiger partial charge in [0.2, 0.25) is 0 Å². The number of nitrogens with zero attached hydrogens (tertiary/aromatic N) is 3. The topological polar surface area (TPSA) is 38.7 Å². The highest BCUT2D eigenvalue weighted by Gasteiger charge is 2.25. The van der Waals surface area contributed by atoms with Gasteiger partial charge in [-0.25, -0.2) is 15.0 Å². The molecule has 0 amide bonds. The first-order valence-electron chi connectivity index (χ1n) is 18.2. The summed E-state index contributed by atoms with van der Waals surface area (Å²) in [5, 5.41) is 0. The van der Waals surface area contributed by atoms with Gasteiger partial charge in [-0.05, 0) is 22.8 Å². The zero-order chi connectivity index (χ0) is 36.1. The lowest BCUT2D eigenvalue weighted by molar-refractivity contribution is 1.18. The second-order valence-electron chi connectivity index (χ2n) is 13.2. The molecule has 0 unspecified atom stereocenters. The van der Waals surface area contributed by atoms with Gasteiger partial charge in [0.25, 0.3) is 0 Å². The van der Waals surface area contributed by atoms with Crippen LogP contribution in [-0.4, -0.2) is 15.0 Å². The second-order valence-corrected chi connectivity index (χ2v) is 13.2. The summed E-state index contributed by atoms with van der Waals surface area (Å²) in [6.45, 7) is 0. The monoisotopic (exact) mass is 689 g/mol. The lowest BCUT2D eigenvalue weighted by Crippen LogP contribution is -2.01. The molecule has 0 aliphatic rings. The van der Waals surface area contributed by atoms with Crippen molar-refractivity contribution in [2.75, 3.05) is 0 Å². The molecule has 0 saturated heterocycles. The Kier molecular flexibility index (Phi) is 8.94. The molecule has 0 radical (unpaired) electrons. The Morgan fingerprint density at radius 1 is 0.222 bits per heavy atom. The molecular formula is C51H35N3. The van der Waals surface area contributed by atoms with E-state index in [2.05, 4.69) is 176 Å². The molecule has 0 fully saturated rings. The molecule has 0 aliphatic heterocycles. The molecule has 9 rings (SSSR count). The van der Waals surface area contributed by atoms with Crippen molar-refractivity contribution < 1.29 is 0 Å². The first kappa shape index (κ1) is 32.7. The first-order valence-corrected chi connectivity index (χ1v) is 18.2. The van der Waals surface area contributed by atoms with Gasteiger partial charge in [0.05, 0.1) is 22.8 Å². The molecule has 0 bridgehead atoms. The van der Waals surface area contributed by atoms with Gasteiger partial charge >= 0.3 is 0 Å². The van der Waals surface area contributed by atoms with Gasteiger partial charge in [0.1, 0.15) is 0 Å². The van der Waals surface area contributed by atoms with E-state index in [4.69, 9.17) is 15.0 Å². The van der Waals surface area contributed by atoms with Crippen LogP contribution in [0.5, 0.6) is 0 Å². The van der Waals surface area contributed by atoms with E-state index < -0.39 is 0 Å². The lowest BCUT2D eigenvalue weighted by atomic mass is 9.83. The molecule has 2 aromatic heterocycles. The summed E-state index contributed by atoms with van der Waals surface area (Å²) < 4.78 is 0. The highest BCUT2D eigenvalue weighted by Crippen LogP contribution is 2.48. The number of pyridine rings is 1. The fourth-order valence-corrected chi connectivity index (χ4v) is 7.13. The maximum absolute atomic E-state index is 5.57. The minimum absolute atomic E-state index is 0.679. The first-order chi connectivity index (χ1) is 26.8. The summed E-state index contributed by atoms with van der Waals surface area (Å²) in [7, 11) is 0. The summed E-state index contributed by atoms with van der Waals surface area (Å²) >= 11 is 0. The zero-order valence-corrected chi connectivity index (χ0v) is 29.5. The van der Waals surface area contributed by atoms with Crippen molar-refractivity contribution in [1.82, 2.24) is 15.0 Å². The Morgan fingerprint density at radius 3 is 0.889 bits per heavy atom. The Labute approximate surface area is 316 Å². The minimum Gasteiger partial charge on any atom is -0.246 e. The van der Waals surface area contributed by atoms with Crippen LogP contribution in [0.3, 0.4) is 0 Å². The average Bonchev–Trinajstić information content (AvgIpc) is 3.27. The van der Waals surface area contributed by atoms with Gasteiger partial charge in [-0.3, -0.25) is 0 Å². The average molecular weight is 690 g/mol. The van der Waals surface area contributed by atoms with Crippen molar-refractivity contribution in [3.05, 3.63) is 212 Å². The Hall–Kier alpha value is -7.23. The normalized spacial score (nSPS) is 11.0. The molecule has 3 nitrogen and oxygen atoms in total.